The van der Waals surface area contributed by atoms with Gasteiger partial charge in [-0.05, 0) is 67.6 Å². The number of aliphatic carboxylic acids is 2. The first kappa shape index (κ1) is 22.1. The fraction of sp³-hybridized carbons (Fsp3) is 0.826. The van der Waals surface area contributed by atoms with Gasteiger partial charge in [-0.15, -0.1) is 0 Å². The van der Waals surface area contributed by atoms with Gasteiger partial charge >= 0.3 is 11.9 Å². The van der Waals surface area contributed by atoms with Crippen molar-refractivity contribution in [2.24, 2.45) is 52.8 Å². The fourth-order valence-corrected chi connectivity index (χ4v) is 7.00. The first-order chi connectivity index (χ1) is 14.6. The van der Waals surface area contributed by atoms with Crippen LogP contribution in [0.3, 0.4) is 0 Å². The van der Waals surface area contributed by atoms with E-state index in [0.717, 1.165) is 38.5 Å². The Balaban J connectivity index is 1.29. The van der Waals surface area contributed by atoms with E-state index in [1.807, 2.05) is 13.8 Å². The number of hydrogen-bond donors (Lipinski definition) is 4. The predicted molar refractivity (Wildman–Crippen MR) is 111 cm³/mol. The Morgan fingerprint density at radius 2 is 1.00 bits per heavy atom. The number of amides is 2. The normalized spacial score (nSPS) is 38.3. The van der Waals surface area contributed by atoms with Gasteiger partial charge in [-0.1, -0.05) is 13.8 Å². The molecule has 4 rings (SSSR count). The molecule has 4 bridgehead atoms. The molecule has 4 fully saturated rings. The Morgan fingerprint density at radius 3 is 1.32 bits per heavy atom. The van der Waals surface area contributed by atoms with Gasteiger partial charge in [-0.3, -0.25) is 19.2 Å². The molecule has 0 aromatic heterocycles. The zero-order valence-corrected chi connectivity index (χ0v) is 18.3. The van der Waals surface area contributed by atoms with Crippen LogP contribution in [0.2, 0.25) is 0 Å². The molecular formula is C23H34N2O6. The van der Waals surface area contributed by atoms with E-state index in [1.54, 1.807) is 0 Å². The van der Waals surface area contributed by atoms with Crippen LogP contribution in [0.4, 0.5) is 0 Å². The van der Waals surface area contributed by atoms with Crippen molar-refractivity contribution in [1.82, 2.24) is 10.6 Å². The summed E-state index contributed by atoms with van der Waals surface area (Å²) in [5.74, 6) is -3.74. The largest absolute Gasteiger partial charge is 0.481 e. The van der Waals surface area contributed by atoms with Crippen molar-refractivity contribution in [2.75, 3.05) is 13.1 Å². The monoisotopic (exact) mass is 434 g/mol. The highest BCUT2D eigenvalue weighted by molar-refractivity contribution is 5.87. The lowest BCUT2D eigenvalue weighted by atomic mass is 9.78. The van der Waals surface area contributed by atoms with Crippen molar-refractivity contribution in [3.63, 3.8) is 0 Å². The van der Waals surface area contributed by atoms with Gasteiger partial charge in [0.25, 0.3) is 0 Å². The molecule has 2 amide bonds. The van der Waals surface area contributed by atoms with Gasteiger partial charge in [-0.25, -0.2) is 0 Å². The van der Waals surface area contributed by atoms with Gasteiger partial charge in [0.1, 0.15) is 0 Å². The lowest BCUT2D eigenvalue weighted by molar-refractivity contribution is -0.149. The third-order valence-electron chi connectivity index (χ3n) is 8.49. The van der Waals surface area contributed by atoms with Crippen molar-refractivity contribution < 1.29 is 29.4 Å². The molecule has 8 unspecified atom stereocenters. The fourth-order valence-electron chi connectivity index (χ4n) is 7.00. The lowest BCUT2D eigenvalue weighted by Gasteiger charge is -2.31. The minimum atomic E-state index is -0.877. The predicted octanol–water partition coefficient (Wildman–Crippen LogP) is 1.74. The Kier molecular flexibility index (Phi) is 5.77. The molecule has 0 aliphatic heterocycles. The van der Waals surface area contributed by atoms with Crippen LogP contribution < -0.4 is 10.6 Å². The Hall–Kier alpha value is -2.12. The van der Waals surface area contributed by atoms with E-state index >= 15 is 0 Å². The number of carboxylic acid groups (broad SMARTS) is 2. The molecule has 4 N–H and O–H groups in total. The van der Waals surface area contributed by atoms with E-state index in [9.17, 15) is 29.4 Å². The standard InChI is InChI=1S/C23H34N2O6/c1-23(2,9-24-19(26)15-11-3-5-13(7-11)17(15)21(28)29)10-25-20(27)16-12-4-6-14(8-12)18(16)22(30)31/h11-18H,3-10H2,1-2H3,(H,24,26)(H,25,27)(H,28,29)(H,30,31). The molecule has 0 heterocycles. The van der Waals surface area contributed by atoms with Crippen LogP contribution in [0.1, 0.15) is 52.4 Å². The molecule has 4 saturated carbocycles. The highest BCUT2D eigenvalue weighted by Crippen LogP contribution is 2.53. The van der Waals surface area contributed by atoms with Crippen molar-refractivity contribution in [3.05, 3.63) is 0 Å². The molecule has 31 heavy (non-hydrogen) atoms. The van der Waals surface area contributed by atoms with Crippen LogP contribution in [-0.2, 0) is 19.2 Å². The van der Waals surface area contributed by atoms with Gasteiger partial charge in [0.15, 0.2) is 0 Å². The summed E-state index contributed by atoms with van der Waals surface area (Å²) in [6.07, 6.45) is 5.26. The first-order valence-electron chi connectivity index (χ1n) is 11.6. The number of carboxylic acids is 2. The van der Waals surface area contributed by atoms with E-state index in [0.29, 0.717) is 13.1 Å². The van der Waals surface area contributed by atoms with Crippen molar-refractivity contribution in [2.45, 2.75) is 52.4 Å². The maximum Gasteiger partial charge on any atom is 0.307 e. The quantitative estimate of drug-likeness (QED) is 0.460. The number of carbonyl (C=O) groups excluding carboxylic acids is 2. The molecule has 0 aromatic carbocycles. The summed E-state index contributed by atoms with van der Waals surface area (Å²) in [4.78, 5) is 49.0. The molecule has 4 aliphatic carbocycles. The topological polar surface area (TPSA) is 133 Å². The molecule has 0 spiro atoms. The zero-order valence-electron chi connectivity index (χ0n) is 18.3. The van der Waals surface area contributed by atoms with Crippen LogP contribution in [0, 0.1) is 52.8 Å². The number of carbonyl (C=O) groups is 4. The summed E-state index contributed by atoms with van der Waals surface area (Å²) in [6.45, 7) is 4.51. The highest BCUT2D eigenvalue weighted by atomic mass is 16.4. The highest BCUT2D eigenvalue weighted by Gasteiger charge is 2.55. The molecule has 0 aromatic rings. The third kappa shape index (κ3) is 4.05. The number of nitrogens with one attached hydrogen (secondary N) is 2. The van der Waals surface area contributed by atoms with Gasteiger partial charge in [0, 0.05) is 13.1 Å². The maximum absolute atomic E-state index is 12.8. The van der Waals surface area contributed by atoms with E-state index in [1.165, 1.54) is 0 Å². The van der Waals surface area contributed by atoms with E-state index in [4.69, 9.17) is 0 Å². The summed E-state index contributed by atoms with van der Waals surface area (Å²) >= 11 is 0. The molecule has 172 valence electrons. The molecule has 4 aliphatic rings. The molecule has 0 saturated heterocycles. The minimum absolute atomic E-state index is 0.106. The zero-order chi connectivity index (χ0) is 22.5. The molecular weight excluding hydrogens is 400 g/mol. The number of hydrogen-bond acceptors (Lipinski definition) is 4. The molecule has 8 nitrogen and oxygen atoms in total. The summed E-state index contributed by atoms with van der Waals surface area (Å²) in [7, 11) is 0. The van der Waals surface area contributed by atoms with Gasteiger partial charge < -0.3 is 20.8 Å². The van der Waals surface area contributed by atoms with Crippen LogP contribution in [0.25, 0.3) is 0 Å². The van der Waals surface area contributed by atoms with Gasteiger partial charge in [-0.2, -0.15) is 0 Å². The average Bonchev–Trinajstić information content (AvgIpc) is 3.49. The Morgan fingerprint density at radius 1 is 0.677 bits per heavy atom. The third-order valence-corrected chi connectivity index (χ3v) is 8.49. The molecule has 0 radical (unpaired) electrons. The van der Waals surface area contributed by atoms with Gasteiger partial charge in [0.2, 0.25) is 11.8 Å². The van der Waals surface area contributed by atoms with Crippen LogP contribution in [-0.4, -0.2) is 47.1 Å². The number of fused-ring (bicyclic) bond motifs is 4. The van der Waals surface area contributed by atoms with Crippen molar-refractivity contribution in [3.8, 4) is 0 Å². The first-order valence-corrected chi connectivity index (χ1v) is 11.6. The second-order valence-corrected chi connectivity index (χ2v) is 11.0. The number of rotatable bonds is 8. The summed E-state index contributed by atoms with van der Waals surface area (Å²) in [5.41, 5.74) is -0.433. The second-order valence-electron chi connectivity index (χ2n) is 11.0. The van der Waals surface area contributed by atoms with Crippen LogP contribution in [0.15, 0.2) is 0 Å². The van der Waals surface area contributed by atoms with Crippen LogP contribution in [0.5, 0.6) is 0 Å². The van der Waals surface area contributed by atoms with E-state index in [-0.39, 0.29) is 35.5 Å². The summed E-state index contributed by atoms with van der Waals surface area (Å²) in [5, 5.41) is 25.0. The SMILES string of the molecule is CC(C)(CNC(=O)C1C2CCC(C2)C1C(=O)O)CNC(=O)C1C2CCC(C2)C1C(=O)O. The van der Waals surface area contributed by atoms with Crippen molar-refractivity contribution in [1.29, 1.82) is 0 Å². The average molecular weight is 435 g/mol. The van der Waals surface area contributed by atoms with Gasteiger partial charge in [0.05, 0.1) is 23.7 Å². The summed E-state index contributed by atoms with van der Waals surface area (Å²) < 4.78 is 0. The Labute approximate surface area is 182 Å². The maximum atomic E-state index is 12.8. The van der Waals surface area contributed by atoms with E-state index < -0.39 is 41.0 Å². The van der Waals surface area contributed by atoms with Crippen LogP contribution >= 0.6 is 0 Å². The smallest absolute Gasteiger partial charge is 0.307 e. The molecule has 8 heteroatoms. The van der Waals surface area contributed by atoms with Crippen molar-refractivity contribution >= 4 is 23.8 Å². The Bertz CT molecular complexity index is 718. The second kappa shape index (κ2) is 8.10. The minimum Gasteiger partial charge on any atom is -0.481 e. The summed E-state index contributed by atoms with van der Waals surface area (Å²) in [6, 6.07) is 0. The lowest BCUT2D eigenvalue weighted by Crippen LogP contribution is -2.48. The van der Waals surface area contributed by atoms with E-state index in [2.05, 4.69) is 10.6 Å². The molecule has 8 atom stereocenters.